The molecule has 144 valence electrons. The first-order valence-corrected chi connectivity index (χ1v) is 10.2. The predicted octanol–water partition coefficient (Wildman–Crippen LogP) is 5.71. The number of anilines is 1. The molecule has 0 aliphatic rings. The Morgan fingerprint density at radius 1 is 1.00 bits per heavy atom. The molecule has 3 rings (SSSR count). The standard InChI is InChI=1S/C23H23NO3S/c1-4-16-8-12-17(13-9-16)19-14-28-22(20(19)23(26)27-5-2)24-21(25)18-10-6-15(3)7-11-18/h6-14H,4-5H2,1-3H3,(H,24,25). The molecule has 0 unspecified atom stereocenters. The molecule has 0 radical (unpaired) electrons. The molecule has 0 fully saturated rings. The number of thiophene rings is 1. The summed E-state index contributed by atoms with van der Waals surface area (Å²) in [5.41, 5.74) is 4.94. The van der Waals surface area contributed by atoms with Gasteiger partial charge in [-0.3, -0.25) is 4.79 Å². The van der Waals surface area contributed by atoms with Gasteiger partial charge in [-0.15, -0.1) is 11.3 Å². The zero-order valence-corrected chi connectivity index (χ0v) is 17.1. The minimum atomic E-state index is -0.433. The van der Waals surface area contributed by atoms with Crippen LogP contribution in [0, 0.1) is 6.92 Å². The highest BCUT2D eigenvalue weighted by molar-refractivity contribution is 7.15. The molecule has 0 bridgehead atoms. The molecule has 0 aliphatic carbocycles. The summed E-state index contributed by atoms with van der Waals surface area (Å²) in [7, 11) is 0. The number of ether oxygens (including phenoxy) is 1. The van der Waals surface area contributed by atoms with Gasteiger partial charge >= 0.3 is 5.97 Å². The van der Waals surface area contributed by atoms with Gasteiger partial charge < -0.3 is 10.1 Å². The van der Waals surface area contributed by atoms with Crippen molar-refractivity contribution in [2.75, 3.05) is 11.9 Å². The average Bonchev–Trinajstić information content (AvgIpc) is 3.12. The van der Waals surface area contributed by atoms with Gasteiger partial charge in [-0.2, -0.15) is 0 Å². The zero-order chi connectivity index (χ0) is 20.1. The summed E-state index contributed by atoms with van der Waals surface area (Å²) in [4.78, 5) is 25.3. The molecule has 0 aliphatic heterocycles. The smallest absolute Gasteiger partial charge is 0.341 e. The Bertz CT molecular complexity index is 972. The Morgan fingerprint density at radius 2 is 1.68 bits per heavy atom. The number of carbonyl (C=O) groups is 2. The Morgan fingerprint density at radius 3 is 2.29 bits per heavy atom. The average molecular weight is 394 g/mol. The lowest BCUT2D eigenvalue weighted by Crippen LogP contribution is -2.14. The number of nitrogens with one attached hydrogen (secondary N) is 1. The second-order valence-corrected chi connectivity index (χ2v) is 7.32. The van der Waals surface area contributed by atoms with E-state index in [4.69, 9.17) is 4.74 Å². The third-order valence-corrected chi connectivity index (χ3v) is 5.38. The van der Waals surface area contributed by atoms with Gasteiger partial charge in [0.1, 0.15) is 10.6 Å². The van der Waals surface area contributed by atoms with Crippen LogP contribution in [0.2, 0.25) is 0 Å². The Labute approximate surface area is 169 Å². The van der Waals surface area contributed by atoms with Gasteiger partial charge in [0.25, 0.3) is 5.91 Å². The van der Waals surface area contributed by atoms with Crippen LogP contribution in [0.5, 0.6) is 0 Å². The van der Waals surface area contributed by atoms with E-state index in [1.807, 2.05) is 48.7 Å². The highest BCUT2D eigenvalue weighted by Crippen LogP contribution is 2.36. The number of rotatable bonds is 6. The molecular weight excluding hydrogens is 370 g/mol. The van der Waals surface area contributed by atoms with E-state index in [0.29, 0.717) is 16.1 Å². The minimum absolute atomic E-state index is 0.250. The summed E-state index contributed by atoms with van der Waals surface area (Å²) >= 11 is 1.33. The molecule has 4 nitrogen and oxygen atoms in total. The maximum absolute atomic E-state index is 12.6. The van der Waals surface area contributed by atoms with E-state index >= 15 is 0 Å². The van der Waals surface area contributed by atoms with Gasteiger partial charge in [-0.1, -0.05) is 48.9 Å². The molecule has 3 aromatic rings. The Hall–Kier alpha value is -2.92. The van der Waals surface area contributed by atoms with Gasteiger partial charge in [0, 0.05) is 16.5 Å². The van der Waals surface area contributed by atoms with E-state index in [1.165, 1.54) is 16.9 Å². The van der Waals surface area contributed by atoms with E-state index < -0.39 is 5.97 Å². The lowest BCUT2D eigenvalue weighted by atomic mass is 10.0. The van der Waals surface area contributed by atoms with Crippen molar-refractivity contribution in [1.29, 1.82) is 0 Å². The van der Waals surface area contributed by atoms with Crippen molar-refractivity contribution < 1.29 is 14.3 Å². The highest BCUT2D eigenvalue weighted by Gasteiger charge is 2.23. The van der Waals surface area contributed by atoms with E-state index in [-0.39, 0.29) is 12.5 Å². The number of benzene rings is 2. The van der Waals surface area contributed by atoms with Gasteiger partial charge in [0.2, 0.25) is 0 Å². The van der Waals surface area contributed by atoms with E-state index in [9.17, 15) is 9.59 Å². The molecule has 1 heterocycles. The molecule has 1 N–H and O–H groups in total. The Balaban J connectivity index is 1.96. The van der Waals surface area contributed by atoms with Crippen LogP contribution in [0.4, 0.5) is 5.00 Å². The molecular formula is C23H23NO3S. The van der Waals surface area contributed by atoms with Crippen LogP contribution in [-0.2, 0) is 11.2 Å². The number of amides is 1. The normalized spacial score (nSPS) is 10.5. The van der Waals surface area contributed by atoms with Gasteiger partial charge in [-0.05, 0) is 43.5 Å². The van der Waals surface area contributed by atoms with Gasteiger partial charge in [0.15, 0.2) is 0 Å². The molecule has 1 aromatic heterocycles. The maximum Gasteiger partial charge on any atom is 0.341 e. The first-order valence-electron chi connectivity index (χ1n) is 9.29. The number of esters is 1. The molecule has 5 heteroatoms. The fraction of sp³-hybridized carbons (Fsp3) is 0.217. The van der Waals surface area contributed by atoms with Crippen molar-refractivity contribution in [2.24, 2.45) is 0 Å². The highest BCUT2D eigenvalue weighted by atomic mass is 32.1. The van der Waals surface area contributed by atoms with E-state index in [0.717, 1.165) is 23.1 Å². The Kier molecular flexibility index (Phi) is 6.26. The maximum atomic E-state index is 12.6. The topological polar surface area (TPSA) is 55.4 Å². The minimum Gasteiger partial charge on any atom is -0.462 e. The number of aryl methyl sites for hydroxylation is 2. The molecule has 28 heavy (non-hydrogen) atoms. The summed E-state index contributed by atoms with van der Waals surface area (Å²) in [5, 5.41) is 5.26. The van der Waals surface area contributed by atoms with Crippen LogP contribution < -0.4 is 5.32 Å². The van der Waals surface area contributed by atoms with Crippen molar-refractivity contribution in [3.8, 4) is 11.1 Å². The van der Waals surface area contributed by atoms with Crippen LogP contribution in [0.3, 0.4) is 0 Å². The van der Waals surface area contributed by atoms with Crippen molar-refractivity contribution in [1.82, 2.24) is 0 Å². The molecule has 0 spiro atoms. The van der Waals surface area contributed by atoms with Crippen LogP contribution in [0.1, 0.15) is 45.7 Å². The summed E-state index contributed by atoms with van der Waals surface area (Å²) < 4.78 is 5.25. The van der Waals surface area contributed by atoms with Crippen LogP contribution in [0.15, 0.2) is 53.9 Å². The fourth-order valence-corrected chi connectivity index (χ4v) is 3.82. The third-order valence-electron chi connectivity index (χ3n) is 4.48. The van der Waals surface area contributed by atoms with Gasteiger partial charge in [0.05, 0.1) is 6.61 Å². The third kappa shape index (κ3) is 4.31. The molecule has 0 atom stereocenters. The van der Waals surface area contributed by atoms with E-state index in [1.54, 1.807) is 19.1 Å². The fourth-order valence-electron chi connectivity index (χ4n) is 2.87. The number of hydrogen-bond acceptors (Lipinski definition) is 4. The van der Waals surface area contributed by atoms with Crippen molar-refractivity contribution >= 4 is 28.2 Å². The number of carbonyl (C=O) groups excluding carboxylic acids is 2. The first-order chi connectivity index (χ1) is 13.5. The SMILES string of the molecule is CCOC(=O)c1c(-c2ccc(CC)cc2)csc1NC(=O)c1ccc(C)cc1. The zero-order valence-electron chi connectivity index (χ0n) is 16.2. The lowest BCUT2D eigenvalue weighted by Gasteiger charge is -2.09. The van der Waals surface area contributed by atoms with E-state index in [2.05, 4.69) is 12.2 Å². The summed E-state index contributed by atoms with van der Waals surface area (Å²) in [6.07, 6.45) is 0.951. The van der Waals surface area contributed by atoms with Gasteiger partial charge in [-0.25, -0.2) is 4.79 Å². The van der Waals surface area contributed by atoms with Crippen molar-refractivity contribution in [3.05, 3.63) is 76.2 Å². The molecule has 0 saturated carbocycles. The molecule has 0 saturated heterocycles. The largest absolute Gasteiger partial charge is 0.462 e. The second kappa shape index (κ2) is 8.85. The summed E-state index contributed by atoms with van der Waals surface area (Å²) in [6, 6.07) is 15.4. The second-order valence-electron chi connectivity index (χ2n) is 6.44. The molecule has 1 amide bonds. The number of hydrogen-bond donors (Lipinski definition) is 1. The molecule has 2 aromatic carbocycles. The van der Waals surface area contributed by atoms with Crippen molar-refractivity contribution in [3.63, 3.8) is 0 Å². The van der Waals surface area contributed by atoms with Crippen LogP contribution in [0.25, 0.3) is 11.1 Å². The lowest BCUT2D eigenvalue weighted by molar-refractivity contribution is 0.0529. The monoisotopic (exact) mass is 393 g/mol. The van der Waals surface area contributed by atoms with Crippen molar-refractivity contribution in [2.45, 2.75) is 27.2 Å². The quantitative estimate of drug-likeness (QED) is 0.545. The summed E-state index contributed by atoms with van der Waals surface area (Å²) in [5.74, 6) is -0.683. The first kappa shape index (κ1) is 19.8. The summed E-state index contributed by atoms with van der Waals surface area (Å²) in [6.45, 7) is 6.11. The van der Waals surface area contributed by atoms with Crippen LogP contribution in [-0.4, -0.2) is 18.5 Å². The predicted molar refractivity (Wildman–Crippen MR) is 114 cm³/mol. The van der Waals surface area contributed by atoms with Crippen LogP contribution >= 0.6 is 11.3 Å².